The number of carbonyl (C=O) groups excluding carboxylic acids is 1. The molecule has 1 amide bonds. The molecule has 6 nitrogen and oxygen atoms in total. The molecule has 29 heavy (non-hydrogen) atoms. The molecule has 4 rings (SSSR count). The first-order chi connectivity index (χ1) is 14.0. The van der Waals surface area contributed by atoms with Crippen molar-refractivity contribution in [3.8, 4) is 0 Å². The Hall–Kier alpha value is -2.41. The predicted octanol–water partition coefficient (Wildman–Crippen LogP) is 3.61. The van der Waals surface area contributed by atoms with Crippen molar-refractivity contribution in [3.63, 3.8) is 0 Å². The van der Waals surface area contributed by atoms with Crippen LogP contribution in [0.2, 0.25) is 5.02 Å². The highest BCUT2D eigenvalue weighted by Crippen LogP contribution is 2.25. The van der Waals surface area contributed by atoms with E-state index in [9.17, 15) is 9.18 Å². The molecule has 1 aromatic heterocycles. The molecule has 2 aliphatic heterocycles. The van der Waals surface area contributed by atoms with Crippen LogP contribution in [0.25, 0.3) is 0 Å². The lowest BCUT2D eigenvalue weighted by Crippen LogP contribution is -2.49. The minimum Gasteiger partial charge on any atom is -0.352 e. The van der Waals surface area contributed by atoms with E-state index in [1.54, 1.807) is 4.90 Å². The van der Waals surface area contributed by atoms with Gasteiger partial charge in [0.2, 0.25) is 0 Å². The third kappa shape index (κ3) is 4.15. The van der Waals surface area contributed by atoms with Gasteiger partial charge in [0.25, 0.3) is 5.91 Å². The van der Waals surface area contributed by atoms with Gasteiger partial charge in [-0.25, -0.2) is 4.39 Å². The normalized spacial score (nSPS) is 20.1. The number of halogens is 2. The van der Waals surface area contributed by atoms with Crippen LogP contribution in [0.15, 0.2) is 30.3 Å². The van der Waals surface area contributed by atoms with Crippen LogP contribution >= 0.6 is 11.6 Å². The summed E-state index contributed by atoms with van der Waals surface area (Å²) in [5.74, 6) is 0.769. The summed E-state index contributed by atoms with van der Waals surface area (Å²) in [5, 5.41) is 9.00. The van der Waals surface area contributed by atoms with Crippen LogP contribution in [0.5, 0.6) is 0 Å². The average Bonchev–Trinajstić information content (AvgIpc) is 2.74. The zero-order chi connectivity index (χ0) is 20.4. The molecule has 2 aromatic rings. The van der Waals surface area contributed by atoms with Crippen molar-refractivity contribution in [2.24, 2.45) is 0 Å². The van der Waals surface area contributed by atoms with Crippen molar-refractivity contribution in [1.29, 1.82) is 0 Å². The molecule has 2 saturated heterocycles. The Balaban J connectivity index is 1.39. The van der Waals surface area contributed by atoms with Crippen molar-refractivity contribution in [3.05, 3.63) is 46.7 Å². The van der Waals surface area contributed by atoms with Crippen LogP contribution in [-0.4, -0.2) is 59.8 Å². The van der Waals surface area contributed by atoms with Crippen LogP contribution in [0.4, 0.5) is 16.0 Å². The Labute approximate surface area is 175 Å². The maximum Gasteiger partial charge on any atom is 0.258 e. The lowest BCUT2D eigenvalue weighted by Gasteiger charge is -2.36. The molecular formula is C21H25ClFN5O. The number of anilines is 2. The van der Waals surface area contributed by atoms with E-state index < -0.39 is 5.82 Å². The van der Waals surface area contributed by atoms with Gasteiger partial charge in [-0.05, 0) is 50.5 Å². The quantitative estimate of drug-likeness (QED) is 0.763. The largest absolute Gasteiger partial charge is 0.352 e. The minimum absolute atomic E-state index is 0.0533. The second-order valence-corrected chi connectivity index (χ2v) is 8.07. The van der Waals surface area contributed by atoms with E-state index in [0.717, 1.165) is 18.2 Å². The maximum atomic E-state index is 14.1. The summed E-state index contributed by atoms with van der Waals surface area (Å²) >= 11 is 6.04. The lowest BCUT2D eigenvalue weighted by atomic mass is 10.0. The fourth-order valence-corrected chi connectivity index (χ4v) is 4.32. The van der Waals surface area contributed by atoms with Gasteiger partial charge in [0, 0.05) is 38.8 Å². The molecule has 0 aliphatic carbocycles. The van der Waals surface area contributed by atoms with Gasteiger partial charge in [0.1, 0.15) is 5.82 Å². The van der Waals surface area contributed by atoms with Gasteiger partial charge < -0.3 is 14.7 Å². The van der Waals surface area contributed by atoms with E-state index in [4.69, 9.17) is 11.6 Å². The van der Waals surface area contributed by atoms with E-state index in [1.165, 1.54) is 37.5 Å². The molecule has 0 saturated carbocycles. The topological polar surface area (TPSA) is 52.6 Å². The van der Waals surface area contributed by atoms with Gasteiger partial charge in [-0.2, -0.15) is 0 Å². The number of aromatic nitrogens is 2. The summed E-state index contributed by atoms with van der Waals surface area (Å²) in [5.41, 5.74) is -0.0533. The lowest BCUT2D eigenvalue weighted by molar-refractivity contribution is 0.0742. The molecule has 2 aliphatic rings. The Bertz CT molecular complexity index is 850. The first kappa shape index (κ1) is 19.9. The summed E-state index contributed by atoms with van der Waals surface area (Å²) in [7, 11) is 0. The van der Waals surface area contributed by atoms with Crippen LogP contribution < -0.4 is 9.80 Å². The number of nitrogens with zero attached hydrogens (tertiary/aromatic N) is 5. The summed E-state index contributed by atoms with van der Waals surface area (Å²) in [6.07, 6.45) is 3.64. The molecule has 1 atom stereocenters. The smallest absolute Gasteiger partial charge is 0.258 e. The van der Waals surface area contributed by atoms with E-state index >= 15 is 0 Å². The van der Waals surface area contributed by atoms with Gasteiger partial charge >= 0.3 is 0 Å². The maximum absolute atomic E-state index is 14.1. The van der Waals surface area contributed by atoms with Crippen LogP contribution in [-0.2, 0) is 0 Å². The van der Waals surface area contributed by atoms with Crippen LogP contribution in [0, 0.1) is 5.82 Å². The molecule has 1 aromatic carbocycles. The molecule has 8 heteroatoms. The van der Waals surface area contributed by atoms with Crippen molar-refractivity contribution >= 4 is 29.1 Å². The highest BCUT2D eigenvalue weighted by molar-refractivity contribution is 6.33. The number of hydrogen-bond donors (Lipinski definition) is 0. The molecule has 0 unspecified atom stereocenters. The van der Waals surface area contributed by atoms with Crippen molar-refractivity contribution in [2.45, 2.75) is 32.2 Å². The Morgan fingerprint density at radius 2 is 1.76 bits per heavy atom. The average molecular weight is 418 g/mol. The second-order valence-electron chi connectivity index (χ2n) is 7.66. The van der Waals surface area contributed by atoms with Gasteiger partial charge in [0.05, 0.1) is 10.6 Å². The minimum atomic E-state index is -0.585. The molecule has 0 N–H and O–H groups in total. The van der Waals surface area contributed by atoms with Crippen LogP contribution in [0.1, 0.15) is 36.5 Å². The van der Waals surface area contributed by atoms with E-state index in [2.05, 4.69) is 26.9 Å². The highest BCUT2D eigenvalue weighted by Gasteiger charge is 2.27. The zero-order valence-electron chi connectivity index (χ0n) is 16.5. The van der Waals surface area contributed by atoms with E-state index in [-0.39, 0.29) is 16.5 Å². The number of piperazine rings is 1. The van der Waals surface area contributed by atoms with Crippen molar-refractivity contribution < 1.29 is 9.18 Å². The van der Waals surface area contributed by atoms with Gasteiger partial charge in [-0.15, -0.1) is 10.2 Å². The van der Waals surface area contributed by atoms with Crippen LogP contribution in [0.3, 0.4) is 0 Å². The fraction of sp³-hybridized carbons (Fsp3) is 0.476. The Kier molecular flexibility index (Phi) is 5.85. The Morgan fingerprint density at radius 1 is 1.03 bits per heavy atom. The monoisotopic (exact) mass is 417 g/mol. The first-order valence-electron chi connectivity index (χ1n) is 10.1. The standard InChI is InChI=1S/C21H25ClFN5O/c1-15-5-2-3-10-28(15)19-9-8-18(24-25-19)26-11-13-27(14-12-26)21(29)20-16(22)6-4-7-17(20)23/h4,6-9,15H,2-3,5,10-14H2,1H3/t15-/m1/s1. The SMILES string of the molecule is C[C@@H]1CCCCN1c1ccc(N2CCN(C(=O)c3c(F)cccc3Cl)CC2)nn1. The third-order valence-corrected chi connectivity index (χ3v) is 6.12. The zero-order valence-corrected chi connectivity index (χ0v) is 17.3. The first-order valence-corrected chi connectivity index (χ1v) is 10.5. The summed E-state index contributed by atoms with van der Waals surface area (Å²) in [6.45, 7) is 5.45. The van der Waals surface area contributed by atoms with E-state index in [1.807, 2.05) is 12.1 Å². The number of benzene rings is 1. The predicted molar refractivity (Wildman–Crippen MR) is 112 cm³/mol. The molecule has 2 fully saturated rings. The highest BCUT2D eigenvalue weighted by atomic mass is 35.5. The number of carbonyl (C=O) groups is 1. The molecule has 0 radical (unpaired) electrons. The molecule has 3 heterocycles. The van der Waals surface area contributed by atoms with E-state index in [0.29, 0.717) is 32.2 Å². The fourth-order valence-electron chi connectivity index (χ4n) is 4.08. The van der Waals surface area contributed by atoms with Crippen molar-refractivity contribution in [1.82, 2.24) is 15.1 Å². The van der Waals surface area contributed by atoms with Gasteiger partial charge in [-0.3, -0.25) is 4.79 Å². The number of hydrogen-bond acceptors (Lipinski definition) is 5. The number of rotatable bonds is 3. The molecule has 0 bridgehead atoms. The number of piperidine rings is 1. The summed E-state index contributed by atoms with van der Waals surface area (Å²) < 4.78 is 14.1. The summed E-state index contributed by atoms with van der Waals surface area (Å²) in [4.78, 5) is 18.7. The van der Waals surface area contributed by atoms with Gasteiger partial charge in [-0.1, -0.05) is 17.7 Å². The summed E-state index contributed by atoms with van der Waals surface area (Å²) in [6, 6.07) is 8.81. The Morgan fingerprint density at radius 3 is 2.41 bits per heavy atom. The molecular weight excluding hydrogens is 393 g/mol. The molecule has 0 spiro atoms. The molecule has 154 valence electrons. The number of amides is 1. The van der Waals surface area contributed by atoms with Gasteiger partial charge in [0.15, 0.2) is 11.6 Å². The van der Waals surface area contributed by atoms with Crippen molar-refractivity contribution in [2.75, 3.05) is 42.5 Å². The second kappa shape index (κ2) is 8.53. The third-order valence-electron chi connectivity index (χ3n) is 5.80.